The summed E-state index contributed by atoms with van der Waals surface area (Å²) < 4.78 is 52.5. The Balaban J connectivity index is 2.00. The molecule has 1 unspecified atom stereocenters. The van der Waals surface area contributed by atoms with Crippen molar-refractivity contribution in [3.8, 4) is 0 Å². The van der Waals surface area contributed by atoms with Crippen LogP contribution in [0.3, 0.4) is 0 Å². The fourth-order valence-corrected chi connectivity index (χ4v) is 2.89. The van der Waals surface area contributed by atoms with E-state index in [0.717, 1.165) is 11.0 Å². The van der Waals surface area contributed by atoms with E-state index in [1.54, 1.807) is 0 Å². The molecule has 2 aliphatic heterocycles. The van der Waals surface area contributed by atoms with Crippen LogP contribution in [0.2, 0.25) is 0 Å². The van der Waals surface area contributed by atoms with Crippen LogP contribution in [0.5, 0.6) is 0 Å². The number of halogens is 4. The summed E-state index contributed by atoms with van der Waals surface area (Å²) in [6, 6.07) is 0.0794. The standard InChI is InChI=1S/C14H10F4N2O3/c15-7-3-6-5-20(9-1-2-10(21)19-12(9)22)13(23)11(6)8(4-7)14(16,17)18/h3-4,9H,1-2,5H2,(H,19,21,22). The lowest BCUT2D eigenvalue weighted by Crippen LogP contribution is -2.52. The molecule has 1 fully saturated rings. The number of fused-ring (bicyclic) bond motifs is 1. The van der Waals surface area contributed by atoms with Gasteiger partial charge in [0.15, 0.2) is 0 Å². The topological polar surface area (TPSA) is 66.5 Å². The van der Waals surface area contributed by atoms with Gasteiger partial charge < -0.3 is 4.90 Å². The molecule has 1 N–H and O–H groups in total. The lowest BCUT2D eigenvalue weighted by molar-refractivity contribution is -0.138. The van der Waals surface area contributed by atoms with E-state index in [0.29, 0.717) is 0 Å². The number of carbonyl (C=O) groups is 3. The second-order valence-electron chi connectivity index (χ2n) is 5.39. The normalized spacial score (nSPS) is 21.5. The minimum atomic E-state index is -4.89. The summed E-state index contributed by atoms with van der Waals surface area (Å²) in [6.45, 7) is -0.304. The minimum absolute atomic E-state index is 0.0168. The number of alkyl halides is 3. The first kappa shape index (κ1) is 15.4. The maximum Gasteiger partial charge on any atom is 0.417 e. The molecule has 0 aromatic heterocycles. The van der Waals surface area contributed by atoms with E-state index in [9.17, 15) is 31.9 Å². The quantitative estimate of drug-likeness (QED) is 0.628. The van der Waals surface area contributed by atoms with E-state index in [1.165, 1.54) is 0 Å². The molecule has 2 heterocycles. The predicted octanol–water partition coefficient (Wildman–Crippen LogP) is 1.61. The Morgan fingerprint density at radius 3 is 2.48 bits per heavy atom. The van der Waals surface area contributed by atoms with Gasteiger partial charge in [-0.05, 0) is 24.1 Å². The molecule has 2 aliphatic rings. The van der Waals surface area contributed by atoms with Gasteiger partial charge in [-0.1, -0.05) is 0 Å². The third-order valence-corrected chi connectivity index (χ3v) is 3.89. The summed E-state index contributed by atoms with van der Waals surface area (Å²) in [6.07, 6.45) is -4.88. The van der Waals surface area contributed by atoms with E-state index in [2.05, 4.69) is 0 Å². The smallest absolute Gasteiger partial charge is 0.322 e. The van der Waals surface area contributed by atoms with Crippen molar-refractivity contribution < 1.29 is 31.9 Å². The molecule has 0 bridgehead atoms. The first-order chi connectivity index (χ1) is 10.7. The highest BCUT2D eigenvalue weighted by molar-refractivity contribution is 6.06. The van der Waals surface area contributed by atoms with E-state index in [4.69, 9.17) is 0 Å². The molecule has 1 atom stereocenters. The van der Waals surface area contributed by atoms with Gasteiger partial charge in [0.25, 0.3) is 5.91 Å². The first-order valence-corrected chi connectivity index (χ1v) is 6.73. The molecule has 3 rings (SSSR count). The maximum atomic E-state index is 13.4. The SMILES string of the molecule is O=C1CCC(N2Cc3cc(F)cc(C(F)(F)F)c3C2=O)C(=O)N1. The number of nitrogens with one attached hydrogen (secondary N) is 1. The zero-order valence-electron chi connectivity index (χ0n) is 11.5. The monoisotopic (exact) mass is 330 g/mol. The predicted molar refractivity (Wildman–Crippen MR) is 67.4 cm³/mol. The first-order valence-electron chi connectivity index (χ1n) is 6.73. The van der Waals surface area contributed by atoms with E-state index in [1.807, 2.05) is 5.32 Å². The fourth-order valence-electron chi connectivity index (χ4n) is 2.89. The van der Waals surface area contributed by atoms with Crippen molar-refractivity contribution in [1.29, 1.82) is 0 Å². The molecule has 0 saturated carbocycles. The van der Waals surface area contributed by atoms with Crippen LogP contribution in [0.4, 0.5) is 17.6 Å². The highest BCUT2D eigenvalue weighted by atomic mass is 19.4. The number of carbonyl (C=O) groups excluding carboxylic acids is 3. The molecule has 5 nitrogen and oxygen atoms in total. The second-order valence-corrected chi connectivity index (χ2v) is 5.39. The summed E-state index contributed by atoms with van der Waals surface area (Å²) in [4.78, 5) is 36.2. The number of benzene rings is 1. The summed E-state index contributed by atoms with van der Waals surface area (Å²) in [5.74, 6) is -3.33. The Morgan fingerprint density at radius 2 is 1.87 bits per heavy atom. The van der Waals surface area contributed by atoms with Crippen LogP contribution in [0.1, 0.15) is 34.3 Å². The summed E-state index contributed by atoms with van der Waals surface area (Å²) >= 11 is 0. The Morgan fingerprint density at radius 1 is 1.17 bits per heavy atom. The van der Waals surface area contributed by atoms with Crippen LogP contribution < -0.4 is 5.32 Å². The highest BCUT2D eigenvalue weighted by Gasteiger charge is 2.45. The van der Waals surface area contributed by atoms with Crippen molar-refractivity contribution in [3.05, 3.63) is 34.6 Å². The van der Waals surface area contributed by atoms with Crippen molar-refractivity contribution in [2.75, 3.05) is 0 Å². The average molecular weight is 330 g/mol. The number of amides is 3. The number of hydrogen-bond donors (Lipinski definition) is 1. The van der Waals surface area contributed by atoms with Gasteiger partial charge in [0, 0.05) is 13.0 Å². The third kappa shape index (κ3) is 2.55. The molecular weight excluding hydrogens is 320 g/mol. The van der Waals surface area contributed by atoms with E-state index < -0.39 is 46.9 Å². The molecule has 9 heteroatoms. The zero-order valence-corrected chi connectivity index (χ0v) is 11.5. The van der Waals surface area contributed by atoms with Gasteiger partial charge >= 0.3 is 6.18 Å². The van der Waals surface area contributed by atoms with Crippen LogP contribution in [0.15, 0.2) is 12.1 Å². The minimum Gasteiger partial charge on any atom is -0.322 e. The zero-order chi connectivity index (χ0) is 16.9. The summed E-state index contributed by atoms with van der Waals surface area (Å²) in [5, 5.41) is 2.04. The Bertz CT molecular complexity index is 729. The number of nitrogens with zero attached hydrogens (tertiary/aromatic N) is 1. The number of hydrogen-bond acceptors (Lipinski definition) is 3. The molecule has 0 spiro atoms. The van der Waals surface area contributed by atoms with Crippen LogP contribution in [-0.4, -0.2) is 28.7 Å². The van der Waals surface area contributed by atoms with Crippen LogP contribution in [0, 0.1) is 5.82 Å². The van der Waals surface area contributed by atoms with Crippen molar-refractivity contribution in [1.82, 2.24) is 10.2 Å². The van der Waals surface area contributed by atoms with Crippen LogP contribution in [0.25, 0.3) is 0 Å². The lowest BCUT2D eigenvalue weighted by Gasteiger charge is -2.29. The molecule has 0 radical (unpaired) electrons. The molecule has 1 aromatic carbocycles. The summed E-state index contributed by atoms with van der Waals surface area (Å²) in [7, 11) is 0. The average Bonchev–Trinajstić information content (AvgIpc) is 2.74. The van der Waals surface area contributed by atoms with Gasteiger partial charge in [0.2, 0.25) is 11.8 Å². The van der Waals surface area contributed by atoms with Gasteiger partial charge in [0.1, 0.15) is 11.9 Å². The number of rotatable bonds is 1. The van der Waals surface area contributed by atoms with Crippen molar-refractivity contribution in [2.45, 2.75) is 31.6 Å². The van der Waals surface area contributed by atoms with E-state index >= 15 is 0 Å². The molecular formula is C14H10F4N2O3. The Kier molecular flexibility index (Phi) is 3.38. The van der Waals surface area contributed by atoms with Crippen LogP contribution in [-0.2, 0) is 22.3 Å². The molecule has 0 aliphatic carbocycles. The Labute approximate surface area is 127 Å². The third-order valence-electron chi connectivity index (χ3n) is 3.89. The van der Waals surface area contributed by atoms with Gasteiger partial charge in [-0.3, -0.25) is 19.7 Å². The van der Waals surface area contributed by atoms with Crippen molar-refractivity contribution in [3.63, 3.8) is 0 Å². The van der Waals surface area contributed by atoms with E-state index in [-0.39, 0.29) is 31.0 Å². The van der Waals surface area contributed by atoms with Gasteiger partial charge in [0.05, 0.1) is 11.1 Å². The highest BCUT2D eigenvalue weighted by Crippen LogP contribution is 2.38. The van der Waals surface area contributed by atoms with Gasteiger partial charge in [-0.2, -0.15) is 13.2 Å². The largest absolute Gasteiger partial charge is 0.417 e. The molecule has 3 amide bonds. The molecule has 23 heavy (non-hydrogen) atoms. The fraction of sp³-hybridized carbons (Fsp3) is 0.357. The summed E-state index contributed by atoms with van der Waals surface area (Å²) in [5.41, 5.74) is -2.11. The van der Waals surface area contributed by atoms with Crippen molar-refractivity contribution in [2.24, 2.45) is 0 Å². The van der Waals surface area contributed by atoms with Gasteiger partial charge in [-0.25, -0.2) is 4.39 Å². The Hall–Kier alpha value is -2.45. The number of piperidine rings is 1. The van der Waals surface area contributed by atoms with Crippen molar-refractivity contribution >= 4 is 17.7 Å². The molecule has 1 aromatic rings. The van der Waals surface area contributed by atoms with Crippen LogP contribution >= 0.6 is 0 Å². The number of imide groups is 1. The maximum absolute atomic E-state index is 13.4. The molecule has 1 saturated heterocycles. The molecule has 122 valence electrons. The lowest BCUT2D eigenvalue weighted by atomic mass is 10.0. The second kappa shape index (κ2) is 5.04. The van der Waals surface area contributed by atoms with Gasteiger partial charge in [-0.15, -0.1) is 0 Å².